The lowest BCUT2D eigenvalue weighted by Gasteiger charge is -2.07. The fourth-order valence-corrected chi connectivity index (χ4v) is 1.14. The third-order valence-electron chi connectivity index (χ3n) is 1.38. The first kappa shape index (κ1) is 12.6. The summed E-state index contributed by atoms with van der Waals surface area (Å²) in [6.45, 7) is 3.95. The zero-order chi connectivity index (χ0) is 10.3. The number of halogens is 1. The molecule has 0 aromatic carbocycles. The van der Waals surface area contributed by atoms with Gasteiger partial charge in [-0.15, -0.1) is 0 Å². The van der Waals surface area contributed by atoms with Crippen molar-refractivity contribution in [2.24, 2.45) is 5.73 Å². The first-order chi connectivity index (χ1) is 6.24. The maximum Gasteiger partial charge on any atom is 0.106 e. The van der Waals surface area contributed by atoms with Crippen LogP contribution in [-0.4, -0.2) is 16.7 Å². The molecule has 74 valence electrons. The molecule has 0 aliphatic carbocycles. The van der Waals surface area contributed by atoms with Crippen molar-refractivity contribution in [1.29, 1.82) is 0 Å². The summed E-state index contributed by atoms with van der Waals surface area (Å²) in [6, 6.07) is 3.27. The Labute approximate surface area is 87.1 Å². The Morgan fingerprint density at radius 1 is 1.62 bits per heavy atom. The standard InChI is InChI=1S/C7H9BrN2O.C2H6/c8-7-3-5(1-2-10-7)6(9)4-11;1-2/h1-3,6,11H,4,9H2;1-2H3/t6-;/m0./s1. The molecule has 1 heterocycles. The molecule has 3 nitrogen and oxygen atoms in total. The molecule has 0 amide bonds. The molecular weight excluding hydrogens is 232 g/mol. The largest absolute Gasteiger partial charge is 0.394 e. The fraction of sp³-hybridized carbons (Fsp3) is 0.444. The molecule has 1 rings (SSSR count). The molecule has 13 heavy (non-hydrogen) atoms. The number of pyridine rings is 1. The lowest BCUT2D eigenvalue weighted by molar-refractivity contribution is 0.268. The Morgan fingerprint density at radius 3 is 2.69 bits per heavy atom. The monoisotopic (exact) mass is 246 g/mol. The number of rotatable bonds is 2. The molecule has 0 saturated carbocycles. The van der Waals surface area contributed by atoms with Gasteiger partial charge in [0.25, 0.3) is 0 Å². The Kier molecular flexibility index (Phi) is 6.76. The van der Waals surface area contributed by atoms with E-state index >= 15 is 0 Å². The summed E-state index contributed by atoms with van der Waals surface area (Å²) in [5, 5.41) is 8.72. The van der Waals surface area contributed by atoms with E-state index in [-0.39, 0.29) is 12.6 Å². The summed E-state index contributed by atoms with van der Waals surface area (Å²) in [6.07, 6.45) is 1.65. The molecule has 0 unspecified atom stereocenters. The minimum atomic E-state index is -0.311. The number of aromatic nitrogens is 1. The Morgan fingerprint density at radius 2 is 2.23 bits per heavy atom. The highest BCUT2D eigenvalue weighted by Crippen LogP contribution is 2.13. The van der Waals surface area contributed by atoms with Gasteiger partial charge in [0.1, 0.15) is 4.60 Å². The fourth-order valence-electron chi connectivity index (χ4n) is 0.753. The van der Waals surface area contributed by atoms with Gasteiger partial charge in [-0.2, -0.15) is 0 Å². The smallest absolute Gasteiger partial charge is 0.106 e. The number of nitrogens with two attached hydrogens (primary N) is 1. The summed E-state index contributed by atoms with van der Waals surface area (Å²) >= 11 is 3.21. The van der Waals surface area contributed by atoms with E-state index < -0.39 is 0 Å². The average molecular weight is 247 g/mol. The van der Waals surface area contributed by atoms with Crippen molar-refractivity contribution in [2.45, 2.75) is 19.9 Å². The van der Waals surface area contributed by atoms with E-state index in [1.54, 1.807) is 18.3 Å². The maximum atomic E-state index is 8.72. The van der Waals surface area contributed by atoms with Crippen molar-refractivity contribution in [2.75, 3.05) is 6.61 Å². The van der Waals surface area contributed by atoms with Gasteiger partial charge in [-0.05, 0) is 33.6 Å². The van der Waals surface area contributed by atoms with Gasteiger partial charge in [-0.25, -0.2) is 4.98 Å². The SMILES string of the molecule is CC.N[C@@H](CO)c1ccnc(Br)c1. The van der Waals surface area contributed by atoms with E-state index in [1.807, 2.05) is 13.8 Å². The van der Waals surface area contributed by atoms with E-state index in [0.717, 1.165) is 10.2 Å². The maximum absolute atomic E-state index is 8.72. The van der Waals surface area contributed by atoms with Crippen LogP contribution in [0.5, 0.6) is 0 Å². The number of nitrogens with zero attached hydrogens (tertiary/aromatic N) is 1. The van der Waals surface area contributed by atoms with Gasteiger partial charge in [0.15, 0.2) is 0 Å². The second-order valence-corrected chi connectivity index (χ2v) is 3.01. The quantitative estimate of drug-likeness (QED) is 0.784. The van der Waals surface area contributed by atoms with Crippen LogP contribution in [0.2, 0.25) is 0 Å². The van der Waals surface area contributed by atoms with Crippen molar-refractivity contribution >= 4 is 15.9 Å². The highest BCUT2D eigenvalue weighted by Gasteiger charge is 2.03. The van der Waals surface area contributed by atoms with Gasteiger partial charge in [0.05, 0.1) is 12.6 Å². The van der Waals surface area contributed by atoms with Crippen LogP contribution in [0.3, 0.4) is 0 Å². The zero-order valence-corrected chi connectivity index (χ0v) is 9.45. The summed E-state index contributed by atoms with van der Waals surface area (Å²) in [5.74, 6) is 0. The predicted molar refractivity (Wildman–Crippen MR) is 57.3 cm³/mol. The summed E-state index contributed by atoms with van der Waals surface area (Å²) in [5.41, 5.74) is 6.45. The van der Waals surface area contributed by atoms with Crippen molar-refractivity contribution in [3.63, 3.8) is 0 Å². The molecule has 0 bridgehead atoms. The van der Waals surface area contributed by atoms with Crippen molar-refractivity contribution in [1.82, 2.24) is 4.98 Å². The third kappa shape index (κ3) is 4.36. The third-order valence-corrected chi connectivity index (χ3v) is 1.81. The minimum absolute atomic E-state index is 0.0452. The van der Waals surface area contributed by atoms with Crippen molar-refractivity contribution in [3.05, 3.63) is 28.5 Å². The van der Waals surface area contributed by atoms with E-state index in [1.165, 1.54) is 0 Å². The zero-order valence-electron chi connectivity index (χ0n) is 7.87. The number of hydrogen-bond acceptors (Lipinski definition) is 3. The predicted octanol–water partition coefficient (Wildman–Crippen LogP) is 1.86. The first-order valence-corrected chi connectivity index (χ1v) is 5.01. The van der Waals surface area contributed by atoms with Gasteiger partial charge in [-0.3, -0.25) is 0 Å². The van der Waals surface area contributed by atoms with Crippen molar-refractivity contribution in [3.8, 4) is 0 Å². The van der Waals surface area contributed by atoms with Crippen LogP contribution in [0, 0.1) is 0 Å². The number of aliphatic hydroxyl groups is 1. The summed E-state index contributed by atoms with van der Waals surface area (Å²) < 4.78 is 0.735. The van der Waals surface area contributed by atoms with Gasteiger partial charge in [-0.1, -0.05) is 13.8 Å². The van der Waals surface area contributed by atoms with E-state index in [2.05, 4.69) is 20.9 Å². The summed E-state index contributed by atoms with van der Waals surface area (Å²) in [7, 11) is 0. The second kappa shape index (κ2) is 7.00. The van der Waals surface area contributed by atoms with E-state index in [9.17, 15) is 0 Å². The highest BCUT2D eigenvalue weighted by atomic mass is 79.9. The Balaban J connectivity index is 0.000000671. The number of aliphatic hydroxyl groups excluding tert-OH is 1. The first-order valence-electron chi connectivity index (χ1n) is 4.22. The van der Waals surface area contributed by atoms with Crippen LogP contribution in [0.15, 0.2) is 22.9 Å². The van der Waals surface area contributed by atoms with Crippen LogP contribution in [0.25, 0.3) is 0 Å². The molecule has 1 aromatic heterocycles. The van der Waals surface area contributed by atoms with Crippen LogP contribution in [0.1, 0.15) is 25.5 Å². The molecule has 0 saturated heterocycles. The molecule has 0 radical (unpaired) electrons. The molecule has 1 atom stereocenters. The molecule has 0 aliphatic rings. The molecule has 1 aromatic rings. The van der Waals surface area contributed by atoms with Gasteiger partial charge in [0.2, 0.25) is 0 Å². The Bertz CT molecular complexity index is 243. The average Bonchev–Trinajstić information content (AvgIpc) is 2.20. The minimum Gasteiger partial charge on any atom is -0.394 e. The molecule has 0 fully saturated rings. The molecular formula is C9H15BrN2O. The number of hydrogen-bond donors (Lipinski definition) is 2. The molecule has 0 spiro atoms. The van der Waals surface area contributed by atoms with Gasteiger partial charge < -0.3 is 10.8 Å². The topological polar surface area (TPSA) is 59.1 Å². The molecule has 0 aliphatic heterocycles. The normalized spacial score (nSPS) is 11.5. The van der Waals surface area contributed by atoms with Crippen LogP contribution in [-0.2, 0) is 0 Å². The lowest BCUT2D eigenvalue weighted by Crippen LogP contribution is -2.14. The van der Waals surface area contributed by atoms with Crippen molar-refractivity contribution < 1.29 is 5.11 Å². The van der Waals surface area contributed by atoms with Crippen LogP contribution >= 0.6 is 15.9 Å². The summed E-state index contributed by atoms with van der Waals surface area (Å²) in [4.78, 5) is 3.94. The molecule has 4 heteroatoms. The Hall–Kier alpha value is -0.450. The van der Waals surface area contributed by atoms with Gasteiger partial charge in [0, 0.05) is 6.20 Å². The van der Waals surface area contributed by atoms with Crippen LogP contribution in [0.4, 0.5) is 0 Å². The lowest BCUT2D eigenvalue weighted by atomic mass is 10.1. The molecule has 3 N–H and O–H groups in total. The highest BCUT2D eigenvalue weighted by molar-refractivity contribution is 9.10. The van der Waals surface area contributed by atoms with E-state index in [4.69, 9.17) is 10.8 Å². The van der Waals surface area contributed by atoms with Gasteiger partial charge >= 0.3 is 0 Å². The van der Waals surface area contributed by atoms with E-state index in [0.29, 0.717) is 0 Å². The van der Waals surface area contributed by atoms with Crippen LogP contribution < -0.4 is 5.73 Å². The second-order valence-electron chi connectivity index (χ2n) is 2.20.